The van der Waals surface area contributed by atoms with E-state index < -0.39 is 55.4 Å². The molecule has 4 aromatic carbocycles. The van der Waals surface area contributed by atoms with Gasteiger partial charge in [0.2, 0.25) is 0 Å². The van der Waals surface area contributed by atoms with Crippen LogP contribution in [0, 0.1) is 6.92 Å². The first-order valence-electron chi connectivity index (χ1n) is 12.9. The molecule has 0 spiro atoms. The molecule has 0 unspecified atom stereocenters. The lowest BCUT2D eigenvalue weighted by Gasteiger charge is -2.22. The first-order valence-corrected chi connectivity index (χ1v) is 15.8. The van der Waals surface area contributed by atoms with Crippen molar-refractivity contribution in [3.05, 3.63) is 60.2 Å². The zero-order chi connectivity index (χ0) is 32.9. The van der Waals surface area contributed by atoms with Crippen molar-refractivity contribution in [2.45, 2.75) is 16.7 Å². The number of hydrogen-bond donors (Lipinski definition) is 8. The molecular weight excluding hydrogens is 634 g/mol. The van der Waals surface area contributed by atoms with Crippen molar-refractivity contribution in [3.63, 3.8) is 0 Å². The molecule has 0 aliphatic rings. The summed E-state index contributed by atoms with van der Waals surface area (Å²) in [4.78, 5) is -1.03. The molecule has 0 fully saturated rings. The minimum absolute atomic E-state index is 0.0496. The molecule has 4 rings (SSSR count). The second-order valence-electron chi connectivity index (χ2n) is 9.35. The normalized spacial score (nSPS) is 12.8. The maximum atomic E-state index is 11.9. The Labute approximate surface area is 258 Å². The molecule has 0 atom stereocenters. The van der Waals surface area contributed by atoms with Crippen LogP contribution in [0.4, 0.5) is 28.4 Å². The van der Waals surface area contributed by atoms with E-state index in [0.29, 0.717) is 10.9 Å². The fraction of sp³-hybridized carbons (Fsp3) is 0.185. The van der Waals surface area contributed by atoms with E-state index in [-0.39, 0.29) is 52.8 Å². The van der Waals surface area contributed by atoms with Gasteiger partial charge < -0.3 is 44.2 Å². The molecule has 0 heterocycles. The molecule has 0 aromatic heterocycles. The Kier molecular flexibility index (Phi) is 10.2. The zero-order valence-corrected chi connectivity index (χ0v) is 25.1. The van der Waals surface area contributed by atoms with Crippen LogP contribution < -0.4 is 15.2 Å². The number of aryl methyl sites for hydroxylation is 1. The highest BCUT2D eigenvalue weighted by atomic mass is 32.3. The van der Waals surface area contributed by atoms with Crippen LogP contribution in [0.15, 0.2) is 84.8 Å². The summed E-state index contributed by atoms with van der Waals surface area (Å²) in [6.07, 6.45) is 0. The number of ether oxygens (including phenoxy) is 2. The van der Waals surface area contributed by atoms with Gasteiger partial charge in [-0.15, -0.1) is 20.5 Å². The number of fused-ring (bicyclic) bond motifs is 1. The lowest BCUT2D eigenvalue weighted by molar-refractivity contribution is 0.198. The largest absolute Gasteiger partial charge is 0.505 e. The second-order valence-corrected chi connectivity index (χ2v) is 12.2. The van der Waals surface area contributed by atoms with E-state index in [1.54, 1.807) is 13.0 Å². The van der Waals surface area contributed by atoms with Crippen molar-refractivity contribution < 1.29 is 51.4 Å². The van der Waals surface area contributed by atoms with E-state index >= 15 is 0 Å². The van der Waals surface area contributed by atoms with Crippen molar-refractivity contribution in [1.29, 1.82) is 0 Å². The van der Waals surface area contributed by atoms with Gasteiger partial charge >= 0.3 is 0 Å². The molecule has 240 valence electrons. The monoisotopic (exact) mass is 663 g/mol. The number of anilines is 1. The lowest BCUT2D eigenvalue weighted by atomic mass is 10.1. The van der Waals surface area contributed by atoms with Gasteiger partial charge in [0.05, 0.1) is 18.1 Å². The van der Waals surface area contributed by atoms with Gasteiger partial charge in [0.1, 0.15) is 63.2 Å². The first kappa shape index (κ1) is 33.5. The van der Waals surface area contributed by atoms with Crippen molar-refractivity contribution in [1.82, 2.24) is 0 Å². The molecule has 16 nitrogen and oxygen atoms in total. The molecule has 0 bridgehead atoms. The van der Waals surface area contributed by atoms with E-state index in [1.807, 2.05) is 0 Å². The molecule has 9 N–H and O–H groups in total. The summed E-state index contributed by atoms with van der Waals surface area (Å²) >= 11 is 0. The van der Waals surface area contributed by atoms with Crippen molar-refractivity contribution in [2.75, 3.05) is 32.2 Å². The van der Waals surface area contributed by atoms with Crippen LogP contribution in [-0.4, -0.2) is 68.4 Å². The minimum atomic E-state index is -4.66. The van der Waals surface area contributed by atoms with Gasteiger partial charge in [-0.3, -0.25) is 4.55 Å². The van der Waals surface area contributed by atoms with Crippen LogP contribution in [0.3, 0.4) is 0 Å². The lowest BCUT2D eigenvalue weighted by Crippen LogP contribution is -2.04. The number of azo groups is 2. The molecular formula is C27H29N5O11S2. The van der Waals surface area contributed by atoms with E-state index in [9.17, 15) is 41.9 Å². The number of hydrogen-bond acceptors (Lipinski definition) is 15. The first-order chi connectivity index (χ1) is 21.2. The Morgan fingerprint density at radius 2 is 1.31 bits per heavy atom. The number of phenolic OH excluding ortho intramolecular Hbond substituents is 1. The fourth-order valence-corrected chi connectivity index (χ4v) is 5.41. The van der Waals surface area contributed by atoms with Gasteiger partial charge in [-0.2, -0.15) is 8.42 Å². The number of nitrogens with zero attached hydrogens (tertiary/aromatic N) is 4. The van der Waals surface area contributed by atoms with E-state index in [1.165, 1.54) is 48.5 Å². The fourth-order valence-electron chi connectivity index (χ4n) is 4.02. The molecule has 4 aromatic rings. The van der Waals surface area contributed by atoms with Gasteiger partial charge in [0.15, 0.2) is 5.75 Å². The quantitative estimate of drug-likeness (QED) is 0.0504. The maximum absolute atomic E-state index is 11.9. The highest BCUT2D eigenvalue weighted by Gasteiger charge is 2.26. The molecule has 0 saturated carbocycles. The third-order valence-corrected chi connectivity index (χ3v) is 7.81. The van der Waals surface area contributed by atoms with Crippen LogP contribution in [0.2, 0.25) is 0 Å². The summed E-state index contributed by atoms with van der Waals surface area (Å²) < 4.78 is 74.8. The van der Waals surface area contributed by atoms with Crippen molar-refractivity contribution in [3.8, 4) is 17.2 Å². The summed E-state index contributed by atoms with van der Waals surface area (Å²) in [5.41, 5.74) is 5.81. The Morgan fingerprint density at radius 1 is 0.733 bits per heavy atom. The third kappa shape index (κ3) is 8.01. The molecule has 0 saturated heterocycles. The third-order valence-electron chi connectivity index (χ3n) is 6.03. The average molecular weight is 664 g/mol. The predicted molar refractivity (Wildman–Crippen MR) is 165 cm³/mol. The summed E-state index contributed by atoms with van der Waals surface area (Å²) in [5, 5.41) is 46.2. The second kappa shape index (κ2) is 13.7. The molecule has 0 aliphatic heterocycles. The predicted octanol–water partition coefficient (Wildman–Crippen LogP) is 5.84. The van der Waals surface area contributed by atoms with Crippen LogP contribution in [0.5, 0.6) is 17.2 Å². The summed E-state index contributed by atoms with van der Waals surface area (Å²) in [6.45, 7) is 0.336. The van der Waals surface area contributed by atoms with Gasteiger partial charge in [-0.25, -0.2) is 0 Å². The number of aliphatic hydroxyl groups is 2. The topological polar surface area (TPSA) is 270 Å². The van der Waals surface area contributed by atoms with Gasteiger partial charge in [0, 0.05) is 23.2 Å². The molecule has 0 radical (unpaired) electrons. The highest BCUT2D eigenvalue weighted by molar-refractivity contribution is 8.19. The molecule has 18 heteroatoms. The number of aromatic hydroxyl groups is 1. The number of nitrogen functional groups attached to an aromatic ring is 1. The Bertz CT molecular complexity index is 1900. The molecule has 0 amide bonds. The number of aliphatic hydroxyl groups excluding tert-OH is 2. The Hall–Kier alpha value is -4.40. The van der Waals surface area contributed by atoms with Gasteiger partial charge in [0.25, 0.3) is 10.1 Å². The van der Waals surface area contributed by atoms with E-state index in [4.69, 9.17) is 15.2 Å². The number of benzene rings is 4. The summed E-state index contributed by atoms with van der Waals surface area (Å²) in [6, 6.07) is 12.2. The van der Waals surface area contributed by atoms with Crippen LogP contribution >= 0.6 is 10.9 Å². The standard InChI is InChI=1S/C27H29N5O11S2/c1-15-2-5-19(24(10-15)44(36,37)38)29-30-20-13-23(43-9-7-34)21(14-22(20)42-8-6-33)31-32-26-25(45(39,40)41)11-16-3-4-17(28)12-18(16)27(26)35/h2-5,10-14,33-35,39-41H,6-9,28H2,1H3,(H,36,37,38). The Balaban J connectivity index is 1.88. The number of rotatable bonds is 12. The molecule has 45 heavy (non-hydrogen) atoms. The van der Waals surface area contributed by atoms with Crippen molar-refractivity contribution >= 4 is 60.2 Å². The average Bonchev–Trinajstić information content (AvgIpc) is 2.97. The summed E-state index contributed by atoms with van der Waals surface area (Å²) in [7, 11) is -9.07. The summed E-state index contributed by atoms with van der Waals surface area (Å²) in [5.74, 6) is -0.695. The Morgan fingerprint density at radius 3 is 1.87 bits per heavy atom. The van der Waals surface area contributed by atoms with Crippen LogP contribution in [-0.2, 0) is 10.1 Å². The minimum Gasteiger partial charge on any atom is -0.505 e. The SMILES string of the molecule is Cc1ccc(N=Nc2cc(OCCO)c(N=Nc3c(S(O)(O)O)cc4ccc(N)cc4c3O)cc2OCCO)c(S(=O)(=O)O)c1. The van der Waals surface area contributed by atoms with Crippen LogP contribution in [0.1, 0.15) is 5.56 Å². The van der Waals surface area contributed by atoms with E-state index in [2.05, 4.69) is 20.5 Å². The smallest absolute Gasteiger partial charge is 0.296 e. The van der Waals surface area contributed by atoms with Crippen LogP contribution in [0.25, 0.3) is 10.8 Å². The molecule has 0 aliphatic carbocycles. The zero-order valence-electron chi connectivity index (χ0n) is 23.5. The van der Waals surface area contributed by atoms with Crippen molar-refractivity contribution in [2.24, 2.45) is 20.5 Å². The maximum Gasteiger partial charge on any atom is 0.296 e. The van der Waals surface area contributed by atoms with Gasteiger partial charge in [-0.05, 0) is 48.2 Å². The van der Waals surface area contributed by atoms with E-state index in [0.717, 1.165) is 0 Å². The van der Waals surface area contributed by atoms with Gasteiger partial charge in [-0.1, -0.05) is 12.1 Å². The highest BCUT2D eigenvalue weighted by Crippen LogP contribution is 2.54. The number of phenols is 1. The number of nitrogens with two attached hydrogens (primary N) is 1.